The Morgan fingerprint density at radius 2 is 1.92 bits per heavy atom. The third kappa shape index (κ3) is 3.24. The molecular formula is C19H26N2O4. The van der Waals surface area contributed by atoms with E-state index in [0.717, 1.165) is 62.7 Å². The summed E-state index contributed by atoms with van der Waals surface area (Å²) in [6.07, 6.45) is 8.54. The predicted octanol–water partition coefficient (Wildman–Crippen LogP) is 2.54. The van der Waals surface area contributed by atoms with Crippen molar-refractivity contribution >= 4 is 11.7 Å². The van der Waals surface area contributed by atoms with Crippen molar-refractivity contribution in [2.75, 3.05) is 19.8 Å². The number of carbonyl (C=O) groups excluding carboxylic acids is 2. The van der Waals surface area contributed by atoms with Crippen LogP contribution in [0.4, 0.5) is 0 Å². The summed E-state index contributed by atoms with van der Waals surface area (Å²) in [6, 6.07) is -0.160. The number of Topliss-reactive ketones (excluding diaryl/α,β-unsaturated/α-hetero) is 1. The van der Waals surface area contributed by atoms with Gasteiger partial charge in [0.1, 0.15) is 11.5 Å². The van der Waals surface area contributed by atoms with E-state index < -0.39 is 0 Å². The minimum atomic E-state index is -0.160. The molecule has 1 aliphatic heterocycles. The van der Waals surface area contributed by atoms with Gasteiger partial charge in [-0.3, -0.25) is 9.59 Å². The van der Waals surface area contributed by atoms with Gasteiger partial charge in [-0.2, -0.15) is 0 Å². The number of rotatable bonds is 2. The number of fused-ring (bicyclic) bond motifs is 1. The van der Waals surface area contributed by atoms with Crippen LogP contribution in [0.15, 0.2) is 4.52 Å². The molecule has 1 saturated carbocycles. The summed E-state index contributed by atoms with van der Waals surface area (Å²) in [7, 11) is 0. The topological polar surface area (TPSA) is 72.6 Å². The van der Waals surface area contributed by atoms with Crippen molar-refractivity contribution in [2.45, 2.75) is 63.8 Å². The summed E-state index contributed by atoms with van der Waals surface area (Å²) < 4.78 is 11.1. The molecule has 1 aromatic rings. The van der Waals surface area contributed by atoms with E-state index in [2.05, 4.69) is 5.16 Å². The quantitative estimate of drug-likeness (QED) is 0.770. The second-order valence-corrected chi connectivity index (χ2v) is 7.45. The third-order valence-corrected chi connectivity index (χ3v) is 5.90. The first-order valence-electron chi connectivity index (χ1n) is 9.64. The number of aromatic nitrogens is 1. The maximum Gasteiger partial charge on any atom is 0.276 e. The normalized spacial score (nSPS) is 27.7. The van der Waals surface area contributed by atoms with Gasteiger partial charge in [0.05, 0.1) is 19.3 Å². The molecule has 3 aliphatic rings. The fourth-order valence-electron chi connectivity index (χ4n) is 4.49. The van der Waals surface area contributed by atoms with Gasteiger partial charge in [-0.05, 0) is 32.1 Å². The van der Waals surface area contributed by atoms with E-state index in [1.165, 1.54) is 0 Å². The van der Waals surface area contributed by atoms with Gasteiger partial charge < -0.3 is 14.2 Å². The summed E-state index contributed by atoms with van der Waals surface area (Å²) in [5.74, 6) is 0.972. The van der Waals surface area contributed by atoms with E-state index in [1.807, 2.05) is 4.90 Å². The van der Waals surface area contributed by atoms with Crippen LogP contribution in [-0.4, -0.2) is 47.5 Å². The van der Waals surface area contributed by atoms with Crippen molar-refractivity contribution in [3.8, 4) is 0 Å². The number of hydrogen-bond acceptors (Lipinski definition) is 5. The van der Waals surface area contributed by atoms with Crippen molar-refractivity contribution in [3.05, 3.63) is 17.0 Å². The van der Waals surface area contributed by atoms with E-state index in [4.69, 9.17) is 9.26 Å². The van der Waals surface area contributed by atoms with Gasteiger partial charge in [-0.25, -0.2) is 0 Å². The molecule has 0 aromatic carbocycles. The zero-order valence-corrected chi connectivity index (χ0v) is 14.7. The van der Waals surface area contributed by atoms with Crippen molar-refractivity contribution in [3.63, 3.8) is 0 Å². The Morgan fingerprint density at radius 3 is 2.80 bits per heavy atom. The molecule has 0 unspecified atom stereocenters. The molecule has 1 amide bonds. The summed E-state index contributed by atoms with van der Waals surface area (Å²) in [5.41, 5.74) is 1.45. The van der Waals surface area contributed by atoms with Crippen molar-refractivity contribution in [2.24, 2.45) is 5.92 Å². The van der Waals surface area contributed by atoms with Crippen molar-refractivity contribution in [1.82, 2.24) is 10.1 Å². The molecule has 0 bridgehead atoms. The van der Waals surface area contributed by atoms with Crippen LogP contribution in [0.1, 0.15) is 66.8 Å². The Balaban J connectivity index is 1.59. The Morgan fingerprint density at radius 1 is 1.08 bits per heavy atom. The van der Waals surface area contributed by atoms with Crippen LogP contribution in [-0.2, 0) is 22.4 Å². The average molecular weight is 346 g/mol. The van der Waals surface area contributed by atoms with Crippen LogP contribution < -0.4 is 0 Å². The van der Waals surface area contributed by atoms with Crippen molar-refractivity contribution in [1.29, 1.82) is 0 Å². The molecule has 0 spiro atoms. The SMILES string of the molecule is O=C1CCCC[C@@H]1[C@H]1COCCN1C(=O)c1noc2c1CCCCC2. The maximum atomic E-state index is 13.2. The monoisotopic (exact) mass is 346 g/mol. The van der Waals surface area contributed by atoms with Crippen LogP contribution in [0, 0.1) is 5.92 Å². The first kappa shape index (κ1) is 16.8. The molecule has 2 heterocycles. The number of nitrogens with zero attached hydrogens (tertiary/aromatic N) is 2. The second-order valence-electron chi connectivity index (χ2n) is 7.45. The first-order chi connectivity index (χ1) is 12.3. The van der Waals surface area contributed by atoms with E-state index in [0.29, 0.717) is 31.9 Å². The summed E-state index contributed by atoms with van der Waals surface area (Å²) in [4.78, 5) is 27.5. The standard InChI is InChI=1S/C19H26N2O4/c22-16-8-5-4-6-13(16)15-12-24-11-10-21(15)19(23)18-14-7-2-1-3-9-17(14)25-20-18/h13,15H,1-12H2/t13-,15-/m1/s1. The summed E-state index contributed by atoms with van der Waals surface area (Å²) in [6.45, 7) is 1.49. The number of hydrogen-bond donors (Lipinski definition) is 0. The summed E-state index contributed by atoms with van der Waals surface area (Å²) in [5, 5.41) is 4.12. The Bertz CT molecular complexity index is 654. The highest BCUT2D eigenvalue weighted by molar-refractivity contribution is 5.95. The zero-order valence-electron chi connectivity index (χ0n) is 14.7. The molecule has 2 atom stereocenters. The Hall–Kier alpha value is -1.69. The fraction of sp³-hybridized carbons (Fsp3) is 0.737. The van der Waals surface area contributed by atoms with Crippen molar-refractivity contribution < 1.29 is 18.8 Å². The number of carbonyl (C=O) groups is 2. The smallest absolute Gasteiger partial charge is 0.276 e. The molecule has 136 valence electrons. The van der Waals surface area contributed by atoms with E-state index in [-0.39, 0.29) is 23.7 Å². The lowest BCUT2D eigenvalue weighted by molar-refractivity contribution is -0.129. The van der Waals surface area contributed by atoms with E-state index >= 15 is 0 Å². The van der Waals surface area contributed by atoms with Crippen LogP contribution in [0.5, 0.6) is 0 Å². The highest BCUT2D eigenvalue weighted by Gasteiger charge is 2.40. The molecule has 4 rings (SSSR count). The van der Waals surface area contributed by atoms with Gasteiger partial charge in [-0.15, -0.1) is 0 Å². The Kier molecular flexibility index (Phi) is 4.88. The molecule has 0 radical (unpaired) electrons. The predicted molar refractivity (Wildman–Crippen MR) is 90.4 cm³/mol. The maximum absolute atomic E-state index is 13.2. The molecule has 2 aliphatic carbocycles. The lowest BCUT2D eigenvalue weighted by atomic mass is 9.82. The molecule has 1 aromatic heterocycles. The van der Waals surface area contributed by atoms with Gasteiger partial charge in [0.25, 0.3) is 5.91 Å². The lowest BCUT2D eigenvalue weighted by Gasteiger charge is -2.40. The Labute approximate surface area is 147 Å². The van der Waals surface area contributed by atoms with Gasteiger partial charge in [0.2, 0.25) is 0 Å². The molecule has 2 fully saturated rings. The van der Waals surface area contributed by atoms with Crippen LogP contribution in [0.3, 0.4) is 0 Å². The molecule has 25 heavy (non-hydrogen) atoms. The lowest BCUT2D eigenvalue weighted by Crippen LogP contribution is -2.54. The third-order valence-electron chi connectivity index (χ3n) is 5.90. The van der Waals surface area contributed by atoms with Gasteiger partial charge >= 0.3 is 0 Å². The zero-order chi connectivity index (χ0) is 17.2. The van der Waals surface area contributed by atoms with Gasteiger partial charge in [-0.1, -0.05) is 18.0 Å². The number of aryl methyl sites for hydroxylation is 1. The minimum Gasteiger partial charge on any atom is -0.377 e. The van der Waals surface area contributed by atoms with E-state index in [1.54, 1.807) is 0 Å². The molecule has 6 heteroatoms. The second kappa shape index (κ2) is 7.28. The average Bonchev–Trinajstić information content (AvgIpc) is 2.90. The largest absolute Gasteiger partial charge is 0.377 e. The van der Waals surface area contributed by atoms with E-state index in [9.17, 15) is 9.59 Å². The highest BCUT2D eigenvalue weighted by Crippen LogP contribution is 2.30. The molecule has 1 saturated heterocycles. The fourth-order valence-corrected chi connectivity index (χ4v) is 4.49. The number of morpholine rings is 1. The molecule has 6 nitrogen and oxygen atoms in total. The summed E-state index contributed by atoms with van der Waals surface area (Å²) >= 11 is 0. The number of amides is 1. The first-order valence-corrected chi connectivity index (χ1v) is 9.64. The van der Waals surface area contributed by atoms with Gasteiger partial charge in [0.15, 0.2) is 5.69 Å². The highest BCUT2D eigenvalue weighted by atomic mass is 16.5. The number of ketones is 1. The van der Waals surface area contributed by atoms with Crippen LogP contribution >= 0.6 is 0 Å². The minimum absolute atomic E-state index is 0.0847. The molecule has 0 N–H and O–H groups in total. The molecular weight excluding hydrogens is 320 g/mol. The number of ether oxygens (including phenoxy) is 1. The van der Waals surface area contributed by atoms with Gasteiger partial charge in [0, 0.05) is 30.9 Å². The van der Waals surface area contributed by atoms with Crippen LogP contribution in [0.2, 0.25) is 0 Å². The van der Waals surface area contributed by atoms with Crippen LogP contribution in [0.25, 0.3) is 0 Å².